The van der Waals surface area contributed by atoms with Crippen molar-refractivity contribution in [3.05, 3.63) is 0 Å². The van der Waals surface area contributed by atoms with Crippen LogP contribution >= 0.6 is 0 Å². The van der Waals surface area contributed by atoms with Gasteiger partial charge in [-0.05, 0) is 31.1 Å². The minimum Gasteiger partial charge on any atom is -0.462 e. The third-order valence-corrected chi connectivity index (χ3v) is 9.72. The van der Waals surface area contributed by atoms with Gasteiger partial charge in [0.05, 0.1) is 0 Å². The second kappa shape index (κ2) is 37.2. The Morgan fingerprint density at radius 3 is 0.980 bits per heavy atom. The van der Waals surface area contributed by atoms with E-state index in [1.54, 1.807) is 0 Å². The van der Waals surface area contributed by atoms with E-state index in [4.69, 9.17) is 14.2 Å². The van der Waals surface area contributed by atoms with Crippen LogP contribution in [0.1, 0.15) is 234 Å². The SMILES string of the molecule is CCCCCCCCCCCCC(=O)OC[C@H](COC(=O)CCCCCCCCC(C)C)OC(=O)CCCCCCCCCCCCC(C)C. The van der Waals surface area contributed by atoms with E-state index in [9.17, 15) is 14.4 Å². The highest BCUT2D eigenvalue weighted by Crippen LogP contribution is 2.16. The summed E-state index contributed by atoms with van der Waals surface area (Å²) in [7, 11) is 0. The van der Waals surface area contributed by atoms with Crippen molar-refractivity contribution >= 4 is 17.9 Å². The molecule has 0 aromatic rings. The van der Waals surface area contributed by atoms with E-state index in [2.05, 4.69) is 34.6 Å². The third kappa shape index (κ3) is 37.7. The number of rotatable bonds is 38. The number of carbonyl (C=O) groups excluding carboxylic acids is 3. The number of carbonyl (C=O) groups is 3. The van der Waals surface area contributed by atoms with Crippen LogP contribution in [0.2, 0.25) is 0 Å². The van der Waals surface area contributed by atoms with Gasteiger partial charge in [0.1, 0.15) is 13.2 Å². The molecule has 0 spiro atoms. The van der Waals surface area contributed by atoms with Crippen LogP contribution in [0.3, 0.4) is 0 Å². The first-order valence-electron chi connectivity index (χ1n) is 21.7. The van der Waals surface area contributed by atoms with Gasteiger partial charge in [-0.2, -0.15) is 0 Å². The van der Waals surface area contributed by atoms with Gasteiger partial charge in [0, 0.05) is 19.3 Å². The standard InChI is InChI=1S/C44H84O6/c1-6-7-8-9-10-11-15-18-24-29-34-42(45)48-37-41(38-49-43(46)35-30-25-21-20-23-28-33-40(4)5)50-44(47)36-31-26-19-16-13-12-14-17-22-27-32-39(2)3/h39-41H,6-38H2,1-5H3/t41-/m1/s1. The summed E-state index contributed by atoms with van der Waals surface area (Å²) in [6.07, 6.45) is 33.8. The van der Waals surface area contributed by atoms with Crippen molar-refractivity contribution in [2.75, 3.05) is 13.2 Å². The fourth-order valence-corrected chi connectivity index (χ4v) is 6.40. The van der Waals surface area contributed by atoms with Gasteiger partial charge in [0.15, 0.2) is 6.10 Å². The molecular weight excluding hydrogens is 624 g/mol. The van der Waals surface area contributed by atoms with Crippen LogP contribution in [-0.2, 0) is 28.6 Å². The number of ether oxygens (including phenoxy) is 3. The van der Waals surface area contributed by atoms with E-state index in [1.165, 1.54) is 122 Å². The molecule has 0 amide bonds. The lowest BCUT2D eigenvalue weighted by Gasteiger charge is -2.18. The highest BCUT2D eigenvalue weighted by Gasteiger charge is 2.19. The summed E-state index contributed by atoms with van der Waals surface area (Å²) in [5.74, 6) is 0.713. The molecule has 0 aliphatic carbocycles. The molecule has 6 heteroatoms. The van der Waals surface area contributed by atoms with Crippen LogP contribution in [0.4, 0.5) is 0 Å². The topological polar surface area (TPSA) is 78.9 Å². The molecule has 0 bridgehead atoms. The average Bonchev–Trinajstić information content (AvgIpc) is 3.08. The maximum absolute atomic E-state index is 12.7. The van der Waals surface area contributed by atoms with Crippen molar-refractivity contribution in [2.45, 2.75) is 240 Å². The molecule has 296 valence electrons. The van der Waals surface area contributed by atoms with Crippen LogP contribution in [0.25, 0.3) is 0 Å². The molecule has 0 heterocycles. The Bertz CT molecular complexity index is 764. The fraction of sp³-hybridized carbons (Fsp3) is 0.932. The second-order valence-corrected chi connectivity index (χ2v) is 15.9. The minimum atomic E-state index is -0.760. The minimum absolute atomic E-state index is 0.0660. The lowest BCUT2D eigenvalue weighted by molar-refractivity contribution is -0.167. The van der Waals surface area contributed by atoms with E-state index in [-0.39, 0.29) is 31.1 Å². The zero-order chi connectivity index (χ0) is 36.9. The van der Waals surface area contributed by atoms with Crippen LogP contribution in [-0.4, -0.2) is 37.2 Å². The molecule has 0 aliphatic rings. The van der Waals surface area contributed by atoms with E-state index >= 15 is 0 Å². The van der Waals surface area contributed by atoms with E-state index in [0.717, 1.165) is 69.6 Å². The molecule has 0 aromatic heterocycles. The predicted octanol–water partition coefficient (Wildman–Crippen LogP) is 13.4. The predicted molar refractivity (Wildman–Crippen MR) is 210 cm³/mol. The zero-order valence-corrected chi connectivity index (χ0v) is 34.0. The van der Waals surface area contributed by atoms with E-state index < -0.39 is 6.10 Å². The van der Waals surface area contributed by atoms with Crippen LogP contribution in [0.15, 0.2) is 0 Å². The Morgan fingerprint density at radius 2 is 0.660 bits per heavy atom. The van der Waals surface area contributed by atoms with Crippen LogP contribution in [0, 0.1) is 11.8 Å². The molecule has 0 saturated heterocycles. The normalized spacial score (nSPS) is 12.1. The Labute approximate surface area is 310 Å². The summed E-state index contributed by atoms with van der Waals surface area (Å²) in [6, 6.07) is 0. The second-order valence-electron chi connectivity index (χ2n) is 15.9. The van der Waals surface area contributed by atoms with Crippen molar-refractivity contribution in [1.82, 2.24) is 0 Å². The summed E-state index contributed by atoms with van der Waals surface area (Å²) in [6.45, 7) is 11.2. The number of hydrogen-bond acceptors (Lipinski definition) is 6. The molecule has 0 radical (unpaired) electrons. The highest BCUT2D eigenvalue weighted by molar-refractivity contribution is 5.71. The summed E-state index contributed by atoms with van der Waals surface area (Å²) >= 11 is 0. The van der Waals surface area contributed by atoms with Gasteiger partial charge in [-0.25, -0.2) is 0 Å². The number of unbranched alkanes of at least 4 members (excludes halogenated alkanes) is 23. The van der Waals surface area contributed by atoms with Gasteiger partial charge >= 0.3 is 17.9 Å². The zero-order valence-electron chi connectivity index (χ0n) is 34.0. The molecule has 0 fully saturated rings. The van der Waals surface area contributed by atoms with Crippen molar-refractivity contribution in [1.29, 1.82) is 0 Å². The summed E-state index contributed by atoms with van der Waals surface area (Å²) < 4.78 is 16.7. The smallest absolute Gasteiger partial charge is 0.306 e. The van der Waals surface area contributed by atoms with Gasteiger partial charge in [-0.3, -0.25) is 14.4 Å². The summed E-state index contributed by atoms with van der Waals surface area (Å²) in [5.41, 5.74) is 0. The molecular formula is C44H84O6. The number of esters is 3. The van der Waals surface area contributed by atoms with Gasteiger partial charge in [-0.1, -0.05) is 195 Å². The van der Waals surface area contributed by atoms with Crippen molar-refractivity contribution in [3.8, 4) is 0 Å². The Morgan fingerprint density at radius 1 is 0.380 bits per heavy atom. The molecule has 0 unspecified atom stereocenters. The molecule has 0 aromatic carbocycles. The lowest BCUT2D eigenvalue weighted by atomic mass is 10.0. The van der Waals surface area contributed by atoms with Crippen molar-refractivity contribution < 1.29 is 28.6 Å². The van der Waals surface area contributed by atoms with Gasteiger partial charge in [-0.15, -0.1) is 0 Å². The first-order chi connectivity index (χ1) is 24.2. The Kier molecular flexibility index (Phi) is 36.0. The first kappa shape index (κ1) is 48.4. The summed E-state index contributed by atoms with van der Waals surface area (Å²) in [5, 5.41) is 0. The van der Waals surface area contributed by atoms with Crippen LogP contribution < -0.4 is 0 Å². The van der Waals surface area contributed by atoms with Crippen molar-refractivity contribution in [3.63, 3.8) is 0 Å². The quantitative estimate of drug-likeness (QED) is 0.0361. The van der Waals surface area contributed by atoms with Gasteiger partial charge < -0.3 is 14.2 Å². The first-order valence-corrected chi connectivity index (χ1v) is 21.7. The third-order valence-electron chi connectivity index (χ3n) is 9.72. The summed E-state index contributed by atoms with van der Waals surface area (Å²) in [4.78, 5) is 37.6. The molecule has 0 aliphatic heterocycles. The molecule has 6 nitrogen and oxygen atoms in total. The fourth-order valence-electron chi connectivity index (χ4n) is 6.40. The lowest BCUT2D eigenvalue weighted by Crippen LogP contribution is -2.30. The molecule has 50 heavy (non-hydrogen) atoms. The van der Waals surface area contributed by atoms with Gasteiger partial charge in [0.25, 0.3) is 0 Å². The average molecular weight is 709 g/mol. The van der Waals surface area contributed by atoms with Crippen molar-refractivity contribution in [2.24, 2.45) is 11.8 Å². The highest BCUT2D eigenvalue weighted by atomic mass is 16.6. The van der Waals surface area contributed by atoms with E-state index in [1.807, 2.05) is 0 Å². The Balaban J connectivity index is 4.34. The number of hydrogen-bond donors (Lipinski definition) is 0. The molecule has 1 atom stereocenters. The maximum atomic E-state index is 12.7. The van der Waals surface area contributed by atoms with Crippen LogP contribution in [0.5, 0.6) is 0 Å². The molecule has 0 saturated carbocycles. The molecule has 0 rings (SSSR count). The van der Waals surface area contributed by atoms with E-state index in [0.29, 0.717) is 19.3 Å². The largest absolute Gasteiger partial charge is 0.462 e. The Hall–Kier alpha value is -1.59. The maximum Gasteiger partial charge on any atom is 0.306 e. The molecule has 0 N–H and O–H groups in total. The van der Waals surface area contributed by atoms with Gasteiger partial charge in [0.2, 0.25) is 0 Å². The monoisotopic (exact) mass is 709 g/mol.